The van der Waals surface area contributed by atoms with Gasteiger partial charge in [0.2, 0.25) is 43.6 Å². The summed E-state index contributed by atoms with van der Waals surface area (Å²) in [5, 5.41) is 44.7. The minimum atomic E-state index is -3.79. The van der Waals surface area contributed by atoms with Crippen molar-refractivity contribution in [2.45, 2.75) is 198 Å². The van der Waals surface area contributed by atoms with E-state index in [1.807, 2.05) is 201 Å². The third-order valence-electron chi connectivity index (χ3n) is 20.1. The van der Waals surface area contributed by atoms with Gasteiger partial charge in [0.25, 0.3) is 11.8 Å². The Hall–Kier alpha value is -13.5. The highest BCUT2D eigenvalue weighted by Gasteiger charge is 2.35. The maximum atomic E-state index is 13.4. The molecule has 0 heterocycles. The summed E-state index contributed by atoms with van der Waals surface area (Å²) < 4.78 is 75.2. The van der Waals surface area contributed by atoms with Crippen LogP contribution in [0.4, 0.5) is 19.2 Å². The summed E-state index contributed by atoms with van der Waals surface area (Å²) in [6, 6.07) is 74.0. The first kappa shape index (κ1) is 111. The number of alkyl carbamates (subject to hydrolysis) is 4. The van der Waals surface area contributed by atoms with E-state index in [-0.39, 0.29) is 112 Å². The number of benzene rings is 9. The Labute approximate surface area is 797 Å². The predicted octanol–water partition coefficient (Wildman–Crippen LogP) is 11.2. The van der Waals surface area contributed by atoms with E-state index in [9.17, 15) is 79.8 Å². The minimum absolute atomic E-state index is 0.00594. The van der Waals surface area contributed by atoms with Crippen LogP contribution in [0.15, 0.2) is 283 Å². The molecule has 0 aliphatic rings. The van der Waals surface area contributed by atoms with Crippen LogP contribution >= 0.6 is 0 Å². The second kappa shape index (κ2) is 60.7. The molecule has 0 fully saturated rings. The maximum absolute atomic E-state index is 13.4. The largest absolute Gasteiger partial charge is 0.445 e. The third kappa shape index (κ3) is 44.6. The van der Waals surface area contributed by atoms with E-state index in [0.717, 1.165) is 39.7 Å². The van der Waals surface area contributed by atoms with Gasteiger partial charge in [-0.1, -0.05) is 304 Å². The number of hydrogen-bond acceptors (Lipinski definition) is 21. The molecule has 9 aromatic carbocycles. The molecule has 0 aliphatic heterocycles. The number of hydrogen-bond donors (Lipinski definition) is 13. The highest BCUT2D eigenvalue weighted by molar-refractivity contribution is 7.89. The number of sulfonamides is 2. The molecule has 0 aromatic heterocycles. The summed E-state index contributed by atoms with van der Waals surface area (Å²) in [5.74, 6) is -3.69. The predicted molar refractivity (Wildman–Crippen MR) is 516 cm³/mol. The Balaban J connectivity index is 0.000000291. The van der Waals surface area contributed by atoms with E-state index < -0.39 is 128 Å². The molecular weight excluding hydrogens is 1780 g/mol. The van der Waals surface area contributed by atoms with Crippen LogP contribution in [0.25, 0.3) is 0 Å². The molecule has 9 amide bonds. The number of ketones is 1. The molecule has 136 heavy (non-hydrogen) atoms. The van der Waals surface area contributed by atoms with Gasteiger partial charge in [-0.15, -0.1) is 0 Å². The van der Waals surface area contributed by atoms with Crippen molar-refractivity contribution >= 4 is 86.0 Å². The topological polar surface area (TPSA) is 466 Å². The van der Waals surface area contributed by atoms with E-state index in [0.29, 0.717) is 30.7 Å². The molecule has 2 unspecified atom stereocenters. The first-order valence-electron chi connectivity index (χ1n) is 45.0. The molecule has 9 atom stereocenters. The van der Waals surface area contributed by atoms with Crippen molar-refractivity contribution < 1.29 is 98.7 Å². The molecule has 0 saturated heterocycles. The monoisotopic (exact) mass is 1910 g/mol. The second-order valence-corrected chi connectivity index (χ2v) is 37.2. The molecule has 0 bridgehead atoms. The lowest BCUT2D eigenvalue weighted by molar-refractivity contribution is -0.140. The Morgan fingerprint density at radius 3 is 0.882 bits per heavy atom. The lowest BCUT2D eigenvalue weighted by Gasteiger charge is -2.27. The zero-order valence-electron chi connectivity index (χ0n) is 78.1. The molecule has 9 aromatic rings. The first-order valence-corrected chi connectivity index (χ1v) is 48.0. The van der Waals surface area contributed by atoms with Crippen LogP contribution in [-0.4, -0.2) is 174 Å². The van der Waals surface area contributed by atoms with Crippen molar-refractivity contribution in [3.63, 3.8) is 0 Å². The van der Waals surface area contributed by atoms with Gasteiger partial charge in [-0.3, -0.25) is 28.8 Å². The zero-order chi connectivity index (χ0) is 99.2. The lowest BCUT2D eigenvalue weighted by atomic mass is 9.98. The molecule has 9 rings (SSSR count). The number of aliphatic hydroxyl groups excluding tert-OH is 2. The number of aliphatic hydroxyl groups is 2. The van der Waals surface area contributed by atoms with Gasteiger partial charge in [0, 0.05) is 32.6 Å². The van der Waals surface area contributed by atoms with Crippen molar-refractivity contribution in [3.05, 3.63) is 312 Å². The molecule has 0 radical (unpaired) electrons. The number of ether oxygens (including phenoxy) is 4. The van der Waals surface area contributed by atoms with Crippen LogP contribution in [0.1, 0.15) is 127 Å². The van der Waals surface area contributed by atoms with E-state index in [1.165, 1.54) is 24.3 Å². The fourth-order valence-electron chi connectivity index (χ4n) is 13.3. The Kier molecular flexibility index (Phi) is 49.6. The molecule has 34 heteroatoms. The lowest BCUT2D eigenvalue weighted by Crippen LogP contribution is -2.56. The number of aldehydes is 1. The Bertz CT molecular complexity index is 5330. The van der Waals surface area contributed by atoms with Crippen LogP contribution in [0.3, 0.4) is 0 Å². The van der Waals surface area contributed by atoms with Crippen molar-refractivity contribution in [3.8, 4) is 0 Å². The molecule has 0 aliphatic carbocycles. The summed E-state index contributed by atoms with van der Waals surface area (Å²) in [5.41, 5.74) is 5.83. The van der Waals surface area contributed by atoms with E-state index in [1.54, 1.807) is 110 Å². The summed E-state index contributed by atoms with van der Waals surface area (Å²) >= 11 is 0. The summed E-state index contributed by atoms with van der Waals surface area (Å²) in [6.07, 6.45) is -2.18. The molecule has 0 spiro atoms. The average Bonchev–Trinajstić information content (AvgIpc) is 0.855. The van der Waals surface area contributed by atoms with Gasteiger partial charge in [-0.2, -0.15) is 0 Å². The molecule has 13 N–H and O–H groups in total. The molecule has 32 nitrogen and oxygen atoms in total. The quantitative estimate of drug-likeness (QED) is 0.00729. The minimum Gasteiger partial charge on any atom is -0.445 e. The van der Waals surface area contributed by atoms with E-state index in [2.05, 4.69) is 57.3 Å². The number of carbonyl (C=O) groups is 11. The van der Waals surface area contributed by atoms with Crippen LogP contribution in [0, 0.1) is 23.7 Å². The van der Waals surface area contributed by atoms with Gasteiger partial charge in [0.1, 0.15) is 56.9 Å². The van der Waals surface area contributed by atoms with Crippen LogP contribution in [0.5, 0.6) is 0 Å². The van der Waals surface area contributed by atoms with Crippen molar-refractivity contribution in [2.24, 2.45) is 23.7 Å². The van der Waals surface area contributed by atoms with Gasteiger partial charge in [0.15, 0.2) is 6.10 Å². The SMILES string of the molecule is CC(C)C[C@H](C=O)NC(=O)OCc1ccccc1.CC(C)C[C@H](NC(=O)OCc1ccccc1)C(=O)N[C@@H](Cc1ccccc1)C(=O)C(=O)NCCNS(=O)(=O)c1ccccc1.CC(C)C[C@H](NC(=O)OCc1ccccc1)C(=O)N[C@@H](Cc1ccccc1)C(C)O.CC(C)C[C@H](NC(=O)OCc1ccccc1)C(=O)N[C@@H](Cc1ccccc1)C(O)C(=O)NCCNS(=O)(=O)c1ccccc1. The number of carbonyl (C=O) groups excluding carboxylic acids is 11. The zero-order valence-corrected chi connectivity index (χ0v) is 79.8. The maximum Gasteiger partial charge on any atom is 0.408 e. The van der Waals surface area contributed by atoms with Crippen LogP contribution in [-0.2, 0) is 118 Å². The molecule has 0 saturated carbocycles. The summed E-state index contributed by atoms with van der Waals surface area (Å²) in [4.78, 5) is 138. The number of rotatable bonds is 48. The van der Waals surface area contributed by atoms with E-state index in [4.69, 9.17) is 18.9 Å². The van der Waals surface area contributed by atoms with E-state index >= 15 is 0 Å². The van der Waals surface area contributed by atoms with Crippen LogP contribution in [0.2, 0.25) is 0 Å². The smallest absolute Gasteiger partial charge is 0.408 e. The van der Waals surface area contributed by atoms with Crippen molar-refractivity contribution in [2.75, 3.05) is 26.2 Å². The van der Waals surface area contributed by atoms with Gasteiger partial charge in [0.05, 0.1) is 34.0 Å². The third-order valence-corrected chi connectivity index (χ3v) is 23.1. The van der Waals surface area contributed by atoms with Crippen molar-refractivity contribution in [1.29, 1.82) is 0 Å². The van der Waals surface area contributed by atoms with Crippen LogP contribution < -0.4 is 57.3 Å². The van der Waals surface area contributed by atoms with Gasteiger partial charge >= 0.3 is 24.4 Å². The summed E-state index contributed by atoms with van der Waals surface area (Å²) in [6.45, 7) is 17.0. The fraction of sp³-hybridized carbons (Fsp3) is 0.363. The van der Waals surface area contributed by atoms with Gasteiger partial charge < -0.3 is 81.8 Å². The standard InChI is InChI=1S/C32H40N4O7S.C32H38N4O7S.C24H32N2O4.C14H19NO3/c2*1-23(2)20-28(36-32(40)43-22-25-14-8-4-9-15-25)30(38)35-27(21-24-12-6-3-7-13-24)29(37)31(39)33-18-19-34-44(41,42)26-16-10-5-11-17-26;1-17(2)14-22(26-24(29)30-16-20-12-8-5-9-13-20)23(28)25-21(18(3)27)15-19-10-6-4-7-11-19;1-11(2)8-13(9-16)15-14(17)18-10-12-6-4-3-5-7-12/h3-17,23,27-29,34,37H,18-22H2,1-2H3,(H,33,39)(H,35,38)(H,36,40);3-17,23,27-28,34H,18-22H2,1-2H3,(H,33,39)(H,35,38)(H,36,40);4-13,17-18,21-22,27H,14-16H2,1-3H3,(H,25,28)(H,26,29);3-7,9,11,13H,8,10H2,1-2H3,(H,15,17)/t27-,28-,29?;27-,28-;18?,21-,22-;13-/m0001/s1. The fourth-order valence-corrected chi connectivity index (χ4v) is 15.4. The average molecular weight is 1910 g/mol. The summed E-state index contributed by atoms with van der Waals surface area (Å²) in [7, 11) is -7.56. The number of Topliss-reactive ketones (excluding diaryl/α,β-unsaturated/α-hetero) is 1. The second-order valence-electron chi connectivity index (χ2n) is 33.6. The van der Waals surface area contributed by atoms with Crippen molar-refractivity contribution in [1.82, 2.24) is 57.3 Å². The molecular formula is C102H129N11O21S2. The highest BCUT2D eigenvalue weighted by Crippen LogP contribution is 2.18. The first-order chi connectivity index (χ1) is 65.1. The highest BCUT2D eigenvalue weighted by atomic mass is 32.2. The van der Waals surface area contributed by atoms with Gasteiger partial charge in [-0.05, 0) is 132 Å². The Morgan fingerprint density at radius 2 is 0.574 bits per heavy atom. The Morgan fingerprint density at radius 1 is 0.301 bits per heavy atom. The normalized spacial score (nSPS) is 13.0. The number of amides is 9. The molecule has 730 valence electrons. The van der Waals surface area contributed by atoms with Gasteiger partial charge in [-0.25, -0.2) is 45.5 Å². The number of nitrogens with one attached hydrogen (secondary N) is 11.